The van der Waals surface area contributed by atoms with Gasteiger partial charge in [-0.2, -0.15) is 0 Å². The second-order valence-electron chi connectivity index (χ2n) is 2.35. The van der Waals surface area contributed by atoms with E-state index in [9.17, 15) is 10.1 Å². The van der Waals surface area contributed by atoms with Crippen LogP contribution < -0.4 is 0 Å². The van der Waals surface area contributed by atoms with Crippen LogP contribution in [0.25, 0.3) is 10.9 Å². The maximum Gasteiger partial charge on any atom is 0.296 e. The Bertz CT molecular complexity index is 435. The van der Waals surface area contributed by atoms with Crippen LogP contribution in [0.1, 0.15) is 0 Å². The Kier molecular flexibility index (Phi) is 1.30. The van der Waals surface area contributed by atoms with Crippen LogP contribution >= 0.6 is 0 Å². The molecule has 0 radical (unpaired) electrons. The summed E-state index contributed by atoms with van der Waals surface area (Å²) in [5.74, 6) is 0. The number of fused-ring (bicyclic) bond motifs is 1. The average Bonchev–Trinajstić information content (AvgIpc) is 2.49. The number of H-pyrrole nitrogens is 1. The molecule has 0 aromatic carbocycles. The van der Waals surface area contributed by atoms with Gasteiger partial charge in [-0.15, -0.1) is 0 Å². The summed E-state index contributed by atoms with van der Waals surface area (Å²) in [6.45, 7) is 0. The van der Waals surface area contributed by atoms with Crippen molar-refractivity contribution in [1.29, 1.82) is 0 Å². The molecule has 0 unspecified atom stereocenters. The van der Waals surface area contributed by atoms with Gasteiger partial charge in [-0.25, -0.2) is 0 Å². The van der Waals surface area contributed by atoms with E-state index in [1.54, 1.807) is 18.5 Å². The number of hydrogen-bond acceptors (Lipinski definition) is 3. The smallest absolute Gasteiger partial charge is 0.296 e. The van der Waals surface area contributed by atoms with E-state index in [2.05, 4.69) is 9.97 Å². The zero-order chi connectivity index (χ0) is 8.55. The maximum atomic E-state index is 10.5. The van der Waals surface area contributed by atoms with Crippen LogP contribution in [-0.4, -0.2) is 14.9 Å². The molecule has 12 heavy (non-hydrogen) atoms. The molecule has 0 amide bonds. The number of nitrogens with one attached hydrogen (secondary N) is 1. The van der Waals surface area contributed by atoms with Crippen LogP contribution in [0.5, 0.6) is 0 Å². The maximum absolute atomic E-state index is 10.5. The molecule has 0 saturated heterocycles. The SMILES string of the molecule is O=[N+]([O-])c1cncc2[nH]ccc12. The summed E-state index contributed by atoms with van der Waals surface area (Å²) in [4.78, 5) is 16.6. The molecule has 0 atom stereocenters. The summed E-state index contributed by atoms with van der Waals surface area (Å²) in [5.41, 5.74) is 0.720. The number of hydrogen-bond donors (Lipinski definition) is 1. The minimum Gasteiger partial charge on any atom is -0.360 e. The zero-order valence-corrected chi connectivity index (χ0v) is 6.02. The van der Waals surface area contributed by atoms with Crippen molar-refractivity contribution in [3.63, 3.8) is 0 Å². The van der Waals surface area contributed by atoms with Crippen molar-refractivity contribution < 1.29 is 4.92 Å². The van der Waals surface area contributed by atoms with E-state index in [1.165, 1.54) is 6.20 Å². The summed E-state index contributed by atoms with van der Waals surface area (Å²) in [7, 11) is 0. The van der Waals surface area contributed by atoms with Gasteiger partial charge in [0.1, 0.15) is 6.20 Å². The normalized spacial score (nSPS) is 10.3. The first-order valence-electron chi connectivity index (χ1n) is 3.34. The lowest BCUT2D eigenvalue weighted by molar-refractivity contribution is -0.383. The van der Waals surface area contributed by atoms with Gasteiger partial charge >= 0.3 is 0 Å². The number of aromatic amines is 1. The Labute approximate surface area is 67.2 Å². The Hall–Kier alpha value is -1.91. The quantitative estimate of drug-likeness (QED) is 0.511. The molecule has 2 heterocycles. The zero-order valence-electron chi connectivity index (χ0n) is 6.02. The van der Waals surface area contributed by atoms with Crippen molar-refractivity contribution in [3.05, 3.63) is 34.8 Å². The van der Waals surface area contributed by atoms with Gasteiger partial charge in [0.2, 0.25) is 0 Å². The highest BCUT2D eigenvalue weighted by atomic mass is 16.6. The lowest BCUT2D eigenvalue weighted by atomic mass is 10.3. The molecule has 0 bridgehead atoms. The Balaban J connectivity index is 2.82. The lowest BCUT2D eigenvalue weighted by Crippen LogP contribution is -1.88. The minimum atomic E-state index is -0.441. The predicted octanol–water partition coefficient (Wildman–Crippen LogP) is 1.47. The fourth-order valence-corrected chi connectivity index (χ4v) is 1.11. The molecule has 5 nitrogen and oxygen atoms in total. The Morgan fingerprint density at radius 3 is 3.08 bits per heavy atom. The highest BCUT2D eigenvalue weighted by molar-refractivity contribution is 5.87. The topological polar surface area (TPSA) is 71.8 Å². The van der Waals surface area contributed by atoms with Gasteiger partial charge in [-0.1, -0.05) is 0 Å². The molecular formula is C7H5N3O2. The van der Waals surface area contributed by atoms with Crippen molar-refractivity contribution in [3.8, 4) is 0 Å². The first kappa shape index (κ1) is 6.78. The summed E-state index contributed by atoms with van der Waals surface area (Å²) in [5, 5.41) is 11.1. The third kappa shape index (κ3) is 0.833. The second kappa shape index (κ2) is 2.30. The standard InChI is InChI=1S/C7H5N3O2/c11-10(12)7-4-8-3-6-5(7)1-2-9-6/h1-4,9H. The molecular weight excluding hydrogens is 158 g/mol. The number of aromatic nitrogens is 2. The predicted molar refractivity (Wildman–Crippen MR) is 42.7 cm³/mol. The van der Waals surface area contributed by atoms with Crippen molar-refractivity contribution in [2.45, 2.75) is 0 Å². The van der Waals surface area contributed by atoms with Crippen LogP contribution in [0, 0.1) is 10.1 Å². The van der Waals surface area contributed by atoms with Gasteiger partial charge < -0.3 is 4.98 Å². The second-order valence-corrected chi connectivity index (χ2v) is 2.35. The molecule has 2 rings (SSSR count). The van der Waals surface area contributed by atoms with Gasteiger partial charge in [-0.05, 0) is 6.07 Å². The molecule has 0 spiro atoms. The number of pyridine rings is 1. The molecule has 0 saturated carbocycles. The third-order valence-electron chi connectivity index (χ3n) is 1.65. The molecule has 0 fully saturated rings. The fraction of sp³-hybridized carbons (Fsp3) is 0. The number of rotatable bonds is 1. The summed E-state index contributed by atoms with van der Waals surface area (Å²) >= 11 is 0. The first-order chi connectivity index (χ1) is 5.79. The van der Waals surface area contributed by atoms with Gasteiger partial charge in [0.05, 0.1) is 22.0 Å². The fourth-order valence-electron chi connectivity index (χ4n) is 1.11. The highest BCUT2D eigenvalue weighted by Gasteiger charge is 2.11. The van der Waals surface area contributed by atoms with E-state index >= 15 is 0 Å². The largest absolute Gasteiger partial charge is 0.360 e. The van der Waals surface area contributed by atoms with E-state index < -0.39 is 4.92 Å². The molecule has 1 N–H and O–H groups in total. The van der Waals surface area contributed by atoms with Crippen molar-refractivity contribution >= 4 is 16.6 Å². The summed E-state index contributed by atoms with van der Waals surface area (Å²) in [6.07, 6.45) is 4.46. The van der Waals surface area contributed by atoms with Crippen LogP contribution in [-0.2, 0) is 0 Å². The summed E-state index contributed by atoms with van der Waals surface area (Å²) < 4.78 is 0. The minimum absolute atomic E-state index is 0.0359. The van der Waals surface area contributed by atoms with E-state index in [0.717, 1.165) is 0 Å². The number of nitrogens with zero attached hydrogens (tertiary/aromatic N) is 2. The van der Waals surface area contributed by atoms with Crippen molar-refractivity contribution in [2.24, 2.45) is 0 Å². The molecule has 2 aromatic heterocycles. The van der Waals surface area contributed by atoms with Gasteiger partial charge in [0.25, 0.3) is 5.69 Å². The van der Waals surface area contributed by atoms with Gasteiger partial charge in [-0.3, -0.25) is 15.1 Å². The van der Waals surface area contributed by atoms with Crippen LogP contribution in [0.15, 0.2) is 24.7 Å². The molecule has 0 aliphatic rings. The lowest BCUT2D eigenvalue weighted by Gasteiger charge is -1.90. The van der Waals surface area contributed by atoms with Crippen LogP contribution in [0.4, 0.5) is 5.69 Å². The molecule has 5 heteroatoms. The van der Waals surface area contributed by atoms with E-state index in [1.807, 2.05) is 0 Å². The van der Waals surface area contributed by atoms with Crippen molar-refractivity contribution in [2.75, 3.05) is 0 Å². The van der Waals surface area contributed by atoms with E-state index in [4.69, 9.17) is 0 Å². The van der Waals surface area contributed by atoms with Gasteiger partial charge in [0, 0.05) is 6.20 Å². The first-order valence-corrected chi connectivity index (χ1v) is 3.34. The Morgan fingerprint density at radius 2 is 2.33 bits per heavy atom. The van der Waals surface area contributed by atoms with E-state index in [-0.39, 0.29) is 5.69 Å². The Morgan fingerprint density at radius 1 is 1.50 bits per heavy atom. The third-order valence-corrected chi connectivity index (χ3v) is 1.65. The highest BCUT2D eigenvalue weighted by Crippen LogP contribution is 2.22. The molecule has 0 aliphatic carbocycles. The summed E-state index contributed by atoms with van der Waals surface area (Å²) in [6, 6.07) is 1.66. The number of nitro groups is 1. The van der Waals surface area contributed by atoms with Crippen LogP contribution in [0.3, 0.4) is 0 Å². The van der Waals surface area contributed by atoms with E-state index in [0.29, 0.717) is 10.9 Å². The van der Waals surface area contributed by atoms with Crippen LogP contribution in [0.2, 0.25) is 0 Å². The van der Waals surface area contributed by atoms with Gasteiger partial charge in [0.15, 0.2) is 0 Å². The monoisotopic (exact) mass is 163 g/mol. The molecule has 2 aromatic rings. The molecule has 0 aliphatic heterocycles. The molecule has 60 valence electrons. The van der Waals surface area contributed by atoms with Crippen molar-refractivity contribution in [1.82, 2.24) is 9.97 Å². The average molecular weight is 163 g/mol.